The molecule has 0 spiro atoms. The maximum atomic E-state index is 5.26. The van der Waals surface area contributed by atoms with Gasteiger partial charge in [-0.2, -0.15) is 0 Å². The van der Waals surface area contributed by atoms with E-state index < -0.39 is 0 Å². The summed E-state index contributed by atoms with van der Waals surface area (Å²) in [4.78, 5) is 4.26. The largest absolute Gasteiger partial charge is 0.380 e. The van der Waals surface area contributed by atoms with Gasteiger partial charge in [-0.05, 0) is 12.3 Å². The Morgan fingerprint density at radius 3 is 2.33 bits per heavy atom. The van der Waals surface area contributed by atoms with E-state index in [4.69, 9.17) is 4.74 Å². The van der Waals surface area contributed by atoms with E-state index >= 15 is 0 Å². The lowest BCUT2D eigenvalue weighted by Gasteiger charge is -2.38. The zero-order chi connectivity index (χ0) is 14.8. The van der Waals surface area contributed by atoms with Gasteiger partial charge >= 0.3 is 0 Å². The Kier molecular flexibility index (Phi) is 11.5. The zero-order valence-corrected chi connectivity index (χ0v) is 16.5. The van der Waals surface area contributed by atoms with Crippen LogP contribution in [0, 0.1) is 11.3 Å². The second-order valence-corrected chi connectivity index (χ2v) is 6.75. The Morgan fingerprint density at radius 1 is 1.14 bits per heavy atom. The predicted octanol–water partition coefficient (Wildman–Crippen LogP) is 3.41. The van der Waals surface area contributed by atoms with Crippen LogP contribution in [-0.4, -0.2) is 39.3 Å². The third-order valence-electron chi connectivity index (χ3n) is 3.81. The van der Waals surface area contributed by atoms with Crippen molar-refractivity contribution in [3.8, 4) is 0 Å². The van der Waals surface area contributed by atoms with Gasteiger partial charge in [-0.1, -0.05) is 46.5 Å². The van der Waals surface area contributed by atoms with Gasteiger partial charge in [0.15, 0.2) is 5.96 Å². The first-order chi connectivity index (χ1) is 9.56. The van der Waals surface area contributed by atoms with Crippen molar-refractivity contribution in [1.82, 2.24) is 10.6 Å². The van der Waals surface area contributed by atoms with E-state index in [9.17, 15) is 0 Å². The molecule has 4 nitrogen and oxygen atoms in total. The van der Waals surface area contributed by atoms with Crippen LogP contribution >= 0.6 is 24.0 Å². The van der Waals surface area contributed by atoms with Crippen molar-refractivity contribution < 1.29 is 4.74 Å². The summed E-state index contributed by atoms with van der Waals surface area (Å²) in [5, 5.41) is 6.78. The fourth-order valence-corrected chi connectivity index (χ4v) is 2.31. The number of rotatable bonds is 9. The molecule has 1 saturated heterocycles. The number of nitrogens with one attached hydrogen (secondary N) is 2. The number of nitrogens with zero attached hydrogens (tertiary/aromatic N) is 1. The summed E-state index contributed by atoms with van der Waals surface area (Å²) in [7, 11) is 1.83. The highest BCUT2D eigenvalue weighted by Crippen LogP contribution is 2.24. The van der Waals surface area contributed by atoms with Gasteiger partial charge in [0.25, 0.3) is 0 Å². The lowest BCUT2D eigenvalue weighted by molar-refractivity contribution is -0.0971. The summed E-state index contributed by atoms with van der Waals surface area (Å²) in [6, 6.07) is 0. The van der Waals surface area contributed by atoms with Crippen molar-refractivity contribution in [3.05, 3.63) is 0 Å². The molecule has 0 atom stereocenters. The standard InChI is InChI=1S/C16H33N3O.HI/c1-14(2)9-7-5-6-8-10-18-15(17-4)19-11-16(3)12-20-13-16;/h14H,5-13H2,1-4H3,(H2,17,18,19);1H. The van der Waals surface area contributed by atoms with Gasteiger partial charge in [0.05, 0.1) is 13.2 Å². The fourth-order valence-electron chi connectivity index (χ4n) is 2.31. The predicted molar refractivity (Wildman–Crippen MR) is 102 cm³/mol. The van der Waals surface area contributed by atoms with Crippen molar-refractivity contribution in [2.45, 2.75) is 52.9 Å². The van der Waals surface area contributed by atoms with Gasteiger partial charge in [0, 0.05) is 25.6 Å². The van der Waals surface area contributed by atoms with Crippen molar-refractivity contribution in [2.75, 3.05) is 33.4 Å². The molecule has 0 aromatic carbocycles. The molecule has 5 heteroatoms. The summed E-state index contributed by atoms with van der Waals surface area (Å²) in [6.45, 7) is 10.5. The fraction of sp³-hybridized carbons (Fsp3) is 0.938. The van der Waals surface area contributed by atoms with Gasteiger partial charge < -0.3 is 15.4 Å². The first-order valence-electron chi connectivity index (χ1n) is 8.08. The Labute approximate surface area is 147 Å². The quantitative estimate of drug-likeness (QED) is 0.265. The van der Waals surface area contributed by atoms with Crippen molar-refractivity contribution in [3.63, 3.8) is 0 Å². The molecule has 0 radical (unpaired) electrons. The number of unbranched alkanes of at least 4 members (excludes halogenated alkanes) is 3. The summed E-state index contributed by atoms with van der Waals surface area (Å²) in [5.74, 6) is 1.76. The van der Waals surface area contributed by atoms with Crippen molar-refractivity contribution in [1.29, 1.82) is 0 Å². The van der Waals surface area contributed by atoms with E-state index in [0.717, 1.165) is 38.2 Å². The van der Waals surface area contributed by atoms with Gasteiger partial charge in [0.2, 0.25) is 0 Å². The highest BCUT2D eigenvalue weighted by atomic mass is 127. The van der Waals surface area contributed by atoms with Gasteiger partial charge in [0.1, 0.15) is 0 Å². The molecule has 0 aromatic heterocycles. The summed E-state index contributed by atoms with van der Waals surface area (Å²) in [6.07, 6.45) is 6.60. The molecule has 21 heavy (non-hydrogen) atoms. The number of hydrogen-bond donors (Lipinski definition) is 2. The van der Waals surface area contributed by atoms with Crippen LogP contribution in [0.3, 0.4) is 0 Å². The molecule has 1 aliphatic heterocycles. The van der Waals surface area contributed by atoms with Crippen LogP contribution in [0.5, 0.6) is 0 Å². The Bertz CT molecular complexity index is 291. The third kappa shape index (κ3) is 9.55. The van der Waals surface area contributed by atoms with Crippen LogP contribution in [-0.2, 0) is 4.74 Å². The minimum absolute atomic E-state index is 0. The summed E-state index contributed by atoms with van der Waals surface area (Å²) < 4.78 is 5.26. The van der Waals surface area contributed by atoms with E-state index in [2.05, 4.69) is 36.4 Å². The lowest BCUT2D eigenvalue weighted by Crippen LogP contribution is -2.51. The molecule has 0 saturated carbocycles. The second-order valence-electron chi connectivity index (χ2n) is 6.75. The molecular formula is C16H34IN3O. The second kappa shape index (κ2) is 11.5. The molecular weight excluding hydrogens is 377 g/mol. The van der Waals surface area contributed by atoms with E-state index in [1.807, 2.05) is 7.05 Å². The lowest BCUT2D eigenvalue weighted by atomic mass is 9.89. The van der Waals surface area contributed by atoms with Crippen LogP contribution in [0.25, 0.3) is 0 Å². The molecule has 0 aromatic rings. The van der Waals surface area contributed by atoms with E-state index in [1.165, 1.54) is 32.1 Å². The van der Waals surface area contributed by atoms with E-state index in [-0.39, 0.29) is 29.4 Å². The molecule has 1 heterocycles. The van der Waals surface area contributed by atoms with Crippen molar-refractivity contribution in [2.24, 2.45) is 16.3 Å². The number of guanidine groups is 1. The first kappa shape index (κ1) is 21.0. The van der Waals surface area contributed by atoms with E-state index in [0.29, 0.717) is 0 Å². The number of hydrogen-bond acceptors (Lipinski definition) is 2. The van der Waals surface area contributed by atoms with Crippen molar-refractivity contribution >= 4 is 29.9 Å². The van der Waals surface area contributed by atoms with Crippen LogP contribution < -0.4 is 10.6 Å². The number of aliphatic imine (C=N–C) groups is 1. The Balaban J connectivity index is 0.00000400. The molecule has 1 rings (SSSR count). The third-order valence-corrected chi connectivity index (χ3v) is 3.81. The van der Waals surface area contributed by atoms with Gasteiger partial charge in [-0.15, -0.1) is 24.0 Å². The van der Waals surface area contributed by atoms with E-state index in [1.54, 1.807) is 0 Å². The minimum Gasteiger partial charge on any atom is -0.380 e. The highest BCUT2D eigenvalue weighted by Gasteiger charge is 2.33. The first-order valence-corrected chi connectivity index (χ1v) is 8.08. The van der Waals surface area contributed by atoms with Crippen LogP contribution in [0.4, 0.5) is 0 Å². The molecule has 0 bridgehead atoms. The normalized spacial score (nSPS) is 17.1. The smallest absolute Gasteiger partial charge is 0.190 e. The Morgan fingerprint density at radius 2 is 1.81 bits per heavy atom. The summed E-state index contributed by atoms with van der Waals surface area (Å²) in [5.41, 5.74) is 0.286. The molecule has 1 fully saturated rings. The van der Waals surface area contributed by atoms with Crippen LogP contribution in [0.15, 0.2) is 4.99 Å². The maximum absolute atomic E-state index is 5.26. The average molecular weight is 411 g/mol. The summed E-state index contributed by atoms with van der Waals surface area (Å²) >= 11 is 0. The molecule has 126 valence electrons. The monoisotopic (exact) mass is 411 g/mol. The topological polar surface area (TPSA) is 45.7 Å². The number of ether oxygens (including phenoxy) is 1. The number of halogens is 1. The highest BCUT2D eigenvalue weighted by molar-refractivity contribution is 14.0. The molecule has 1 aliphatic rings. The van der Waals surface area contributed by atoms with Crippen LogP contribution in [0.1, 0.15) is 52.9 Å². The SMILES string of the molecule is CN=C(NCCCCCCC(C)C)NCC1(C)COC1.I. The molecule has 0 unspecified atom stereocenters. The molecule has 0 aliphatic carbocycles. The minimum atomic E-state index is 0. The van der Waals surface area contributed by atoms with Gasteiger partial charge in [-0.25, -0.2) is 0 Å². The van der Waals surface area contributed by atoms with Crippen LogP contribution in [0.2, 0.25) is 0 Å². The molecule has 0 amide bonds. The van der Waals surface area contributed by atoms with Gasteiger partial charge in [-0.3, -0.25) is 4.99 Å². The maximum Gasteiger partial charge on any atom is 0.190 e. The Hall–Kier alpha value is -0.0400. The average Bonchev–Trinajstić information content (AvgIpc) is 2.38. The zero-order valence-electron chi connectivity index (χ0n) is 14.2. The molecule has 2 N–H and O–H groups in total.